The second kappa shape index (κ2) is 12.8. The van der Waals surface area contributed by atoms with Gasteiger partial charge < -0.3 is 9.47 Å². The van der Waals surface area contributed by atoms with Crippen LogP contribution in [-0.4, -0.2) is 44.1 Å². The summed E-state index contributed by atoms with van der Waals surface area (Å²) < 4.78 is 39.0. The van der Waals surface area contributed by atoms with Crippen LogP contribution in [0.1, 0.15) is 108 Å². The Morgan fingerprint density at radius 2 is 1.15 bits per heavy atom. The van der Waals surface area contributed by atoms with Crippen LogP contribution in [0.3, 0.4) is 0 Å². The highest BCUT2D eigenvalue weighted by atomic mass is 32.2. The molecule has 1 aromatic rings. The minimum absolute atomic E-state index is 0.224. The van der Waals surface area contributed by atoms with Gasteiger partial charge in [-0.3, -0.25) is 9.59 Å². The number of carbonyl (C=O) groups is 4. The molecule has 220 valence electrons. The van der Waals surface area contributed by atoms with Crippen molar-refractivity contribution >= 4 is 33.3 Å². The molecule has 41 heavy (non-hydrogen) atoms. The van der Waals surface area contributed by atoms with Crippen molar-refractivity contribution in [1.29, 1.82) is 0 Å². The molecule has 0 bridgehead atoms. The van der Waals surface area contributed by atoms with Crippen LogP contribution < -0.4 is 0 Å². The van der Waals surface area contributed by atoms with Gasteiger partial charge in [-0.2, -0.15) is 0 Å². The quantitative estimate of drug-likeness (QED) is 0.232. The van der Waals surface area contributed by atoms with Gasteiger partial charge in [0.1, 0.15) is 28.3 Å². The molecule has 8 nitrogen and oxygen atoms in total. The molecule has 4 aliphatic rings. The Bertz CT molecular complexity index is 1350. The summed E-state index contributed by atoms with van der Waals surface area (Å²) in [7, 11) is -4.67. The first-order valence-corrected chi connectivity index (χ1v) is 16.6. The molecule has 0 spiro atoms. The van der Waals surface area contributed by atoms with Crippen LogP contribution in [0.5, 0.6) is 0 Å². The number of sulfone groups is 1. The topological polar surface area (TPSA) is 121 Å². The van der Waals surface area contributed by atoms with E-state index in [0.29, 0.717) is 31.6 Å². The van der Waals surface area contributed by atoms with E-state index in [1.165, 1.54) is 18.6 Å². The second-order valence-electron chi connectivity index (χ2n) is 11.7. The fourth-order valence-electron chi connectivity index (χ4n) is 6.48. The van der Waals surface area contributed by atoms with E-state index in [0.717, 1.165) is 75.8 Å². The van der Waals surface area contributed by atoms with Crippen molar-refractivity contribution in [2.75, 3.05) is 0 Å². The maximum atomic E-state index is 14.0. The van der Waals surface area contributed by atoms with E-state index in [2.05, 4.69) is 0 Å². The first kappa shape index (κ1) is 29.4. The average Bonchev–Trinajstić information content (AvgIpc) is 2.99. The summed E-state index contributed by atoms with van der Waals surface area (Å²) in [5.41, 5.74) is -0.504. The van der Waals surface area contributed by atoms with E-state index in [9.17, 15) is 27.6 Å². The summed E-state index contributed by atoms with van der Waals surface area (Å²) in [6, 6.07) is 6.28. The van der Waals surface area contributed by atoms with Gasteiger partial charge in [0.2, 0.25) is 15.6 Å². The third kappa shape index (κ3) is 6.55. The SMILES string of the molecule is O=C1C=C(C(=O)OC2CCCCC2)C(=O)C(S(=O)(=O)c2ccc(C3CCCCC3)cc2)=C1C(=O)OC1CCCCC1. The van der Waals surface area contributed by atoms with E-state index >= 15 is 0 Å². The maximum absolute atomic E-state index is 14.0. The van der Waals surface area contributed by atoms with Gasteiger partial charge in [-0.1, -0.05) is 44.2 Å². The number of allylic oxidation sites excluding steroid dienone is 2. The van der Waals surface area contributed by atoms with Crippen LogP contribution in [0.25, 0.3) is 0 Å². The zero-order valence-corrected chi connectivity index (χ0v) is 24.2. The first-order valence-electron chi connectivity index (χ1n) is 15.1. The van der Waals surface area contributed by atoms with Crippen LogP contribution in [0.15, 0.2) is 51.3 Å². The zero-order chi connectivity index (χ0) is 29.0. The van der Waals surface area contributed by atoms with Crippen molar-refractivity contribution in [3.8, 4) is 0 Å². The van der Waals surface area contributed by atoms with Crippen LogP contribution in [0, 0.1) is 0 Å². The number of ether oxygens (including phenoxy) is 2. The van der Waals surface area contributed by atoms with E-state index in [1.54, 1.807) is 12.1 Å². The molecular formula is C32H38O8S. The van der Waals surface area contributed by atoms with Crippen molar-refractivity contribution in [3.05, 3.63) is 52.0 Å². The van der Waals surface area contributed by atoms with E-state index < -0.39 is 61.6 Å². The Hall–Kier alpha value is -3.07. The highest BCUT2D eigenvalue weighted by Gasteiger charge is 2.44. The molecule has 9 heteroatoms. The molecule has 3 saturated carbocycles. The maximum Gasteiger partial charge on any atom is 0.343 e. The predicted molar refractivity (Wildman–Crippen MR) is 151 cm³/mol. The number of benzene rings is 1. The fourth-order valence-corrected chi connectivity index (χ4v) is 8.02. The molecule has 0 unspecified atom stereocenters. The molecule has 3 fully saturated rings. The Balaban J connectivity index is 1.48. The summed E-state index contributed by atoms with van der Waals surface area (Å²) in [6.45, 7) is 0. The minimum atomic E-state index is -4.67. The fraction of sp³-hybridized carbons (Fsp3) is 0.562. The number of esters is 2. The molecule has 0 aromatic heterocycles. The third-order valence-electron chi connectivity index (χ3n) is 8.81. The lowest BCUT2D eigenvalue weighted by molar-refractivity contribution is -0.149. The molecule has 4 aliphatic carbocycles. The van der Waals surface area contributed by atoms with Gasteiger partial charge in [0.05, 0.1) is 4.90 Å². The van der Waals surface area contributed by atoms with E-state index in [4.69, 9.17) is 9.47 Å². The van der Waals surface area contributed by atoms with Gasteiger partial charge in [0.15, 0.2) is 5.78 Å². The molecule has 1 aromatic carbocycles. The van der Waals surface area contributed by atoms with Crippen LogP contribution >= 0.6 is 0 Å². The van der Waals surface area contributed by atoms with Gasteiger partial charge in [-0.15, -0.1) is 0 Å². The average molecular weight is 583 g/mol. The smallest absolute Gasteiger partial charge is 0.343 e. The number of rotatable bonds is 7. The predicted octanol–water partition coefficient (Wildman–Crippen LogP) is 5.59. The molecule has 0 amide bonds. The van der Waals surface area contributed by atoms with Gasteiger partial charge in [0, 0.05) is 6.08 Å². The number of hydrogen-bond donors (Lipinski definition) is 0. The lowest BCUT2D eigenvalue weighted by Crippen LogP contribution is -2.34. The molecular weight excluding hydrogens is 544 g/mol. The standard InChI is InChI=1S/C32H38O8S/c33-27-20-26(31(35)39-23-12-6-2-7-13-23)29(34)30(28(27)32(36)40-24-14-8-3-9-15-24)41(37,38)25-18-16-22(17-19-25)21-10-4-1-5-11-21/h16-21,23-24H,1-15H2. The summed E-state index contributed by atoms with van der Waals surface area (Å²) >= 11 is 0. The van der Waals surface area contributed by atoms with Gasteiger partial charge in [0.25, 0.3) is 0 Å². The van der Waals surface area contributed by atoms with Crippen LogP contribution in [0.4, 0.5) is 0 Å². The number of hydrogen-bond acceptors (Lipinski definition) is 8. The molecule has 0 aliphatic heterocycles. The minimum Gasteiger partial charge on any atom is -0.459 e. The first-order chi connectivity index (χ1) is 19.8. The summed E-state index contributed by atoms with van der Waals surface area (Å²) in [5, 5.41) is 0. The van der Waals surface area contributed by atoms with E-state index in [1.807, 2.05) is 0 Å². The molecule has 5 rings (SSSR count). The van der Waals surface area contributed by atoms with Gasteiger partial charge >= 0.3 is 11.9 Å². The summed E-state index contributed by atoms with van der Waals surface area (Å²) in [5.74, 6) is -4.11. The Morgan fingerprint density at radius 3 is 1.68 bits per heavy atom. The largest absolute Gasteiger partial charge is 0.459 e. The molecule has 0 N–H and O–H groups in total. The van der Waals surface area contributed by atoms with Crippen molar-refractivity contribution in [1.82, 2.24) is 0 Å². The number of ketones is 2. The molecule has 0 heterocycles. The molecule has 0 saturated heterocycles. The van der Waals surface area contributed by atoms with Gasteiger partial charge in [-0.25, -0.2) is 18.0 Å². The normalized spacial score (nSPS) is 21.9. The van der Waals surface area contributed by atoms with Crippen LogP contribution in [-0.2, 0) is 38.5 Å². The monoisotopic (exact) mass is 582 g/mol. The highest BCUT2D eigenvalue weighted by Crippen LogP contribution is 2.36. The number of carbonyl (C=O) groups excluding carboxylic acids is 4. The van der Waals surface area contributed by atoms with E-state index in [-0.39, 0.29) is 4.90 Å². The van der Waals surface area contributed by atoms with Gasteiger partial charge in [-0.05, 0) is 87.8 Å². The highest BCUT2D eigenvalue weighted by molar-refractivity contribution is 7.96. The summed E-state index contributed by atoms with van der Waals surface area (Å²) in [6.07, 6.45) is 13.3. The Kier molecular flexibility index (Phi) is 9.22. The van der Waals surface area contributed by atoms with Crippen molar-refractivity contribution in [3.63, 3.8) is 0 Å². The number of Topliss-reactive ketones (excluding diaryl/α,β-unsaturated/α-hetero) is 1. The molecule has 0 atom stereocenters. The Morgan fingerprint density at radius 1 is 0.659 bits per heavy atom. The molecule has 0 radical (unpaired) electrons. The second-order valence-corrected chi connectivity index (χ2v) is 13.6. The summed E-state index contributed by atoms with van der Waals surface area (Å²) in [4.78, 5) is 52.2. The van der Waals surface area contributed by atoms with Crippen molar-refractivity contribution < 1.29 is 37.1 Å². The Labute approximate surface area is 241 Å². The van der Waals surface area contributed by atoms with Crippen LogP contribution in [0.2, 0.25) is 0 Å². The lowest BCUT2D eigenvalue weighted by atomic mass is 9.84. The lowest BCUT2D eigenvalue weighted by Gasteiger charge is -2.25. The zero-order valence-electron chi connectivity index (χ0n) is 23.4. The van der Waals surface area contributed by atoms with Crippen molar-refractivity contribution in [2.24, 2.45) is 0 Å². The van der Waals surface area contributed by atoms with Crippen molar-refractivity contribution in [2.45, 2.75) is 119 Å². The third-order valence-corrected chi connectivity index (χ3v) is 10.6.